The van der Waals surface area contributed by atoms with Crippen molar-refractivity contribution in [3.05, 3.63) is 77.2 Å². The van der Waals surface area contributed by atoms with Gasteiger partial charge in [0, 0.05) is 31.2 Å². The standard InChI is InChI=1S/C24H22FN7O2S/c1-14-10-15(6-7-18(14)26-4)31-22(34)24(2,3)32(23(31)35)16-11-17(25)19(28-12-16)13-29-21(33)20-27-8-9-30(20)5/h6-12H,13H2,1-3,5H3,(H,29,33). The zero-order chi connectivity index (χ0) is 25.5. The van der Waals surface area contributed by atoms with Crippen molar-refractivity contribution < 1.29 is 14.0 Å². The summed E-state index contributed by atoms with van der Waals surface area (Å²) >= 11 is 5.63. The molecule has 0 saturated carbocycles. The van der Waals surface area contributed by atoms with Crippen molar-refractivity contribution >= 4 is 46.2 Å². The van der Waals surface area contributed by atoms with Crippen LogP contribution in [0, 0.1) is 19.3 Å². The molecule has 0 spiro atoms. The van der Waals surface area contributed by atoms with E-state index in [1.165, 1.54) is 23.4 Å². The third-order valence-corrected chi connectivity index (χ3v) is 6.19. The van der Waals surface area contributed by atoms with Crippen molar-refractivity contribution in [2.45, 2.75) is 32.9 Å². The molecule has 3 heterocycles. The second-order valence-electron chi connectivity index (χ2n) is 8.57. The van der Waals surface area contributed by atoms with Gasteiger partial charge >= 0.3 is 0 Å². The lowest BCUT2D eigenvalue weighted by Gasteiger charge is -2.29. The highest BCUT2D eigenvalue weighted by atomic mass is 32.1. The molecule has 0 bridgehead atoms. The molecule has 1 fully saturated rings. The first-order valence-electron chi connectivity index (χ1n) is 10.6. The monoisotopic (exact) mass is 491 g/mol. The van der Waals surface area contributed by atoms with Gasteiger partial charge in [0.1, 0.15) is 11.4 Å². The molecule has 3 aromatic rings. The predicted octanol–water partition coefficient (Wildman–Crippen LogP) is 3.66. The summed E-state index contributed by atoms with van der Waals surface area (Å²) in [5, 5.41) is 2.77. The molecular weight excluding hydrogens is 469 g/mol. The van der Waals surface area contributed by atoms with Gasteiger partial charge in [0.2, 0.25) is 0 Å². The van der Waals surface area contributed by atoms with Crippen LogP contribution in [-0.2, 0) is 18.4 Å². The summed E-state index contributed by atoms with van der Waals surface area (Å²) in [5.74, 6) is -1.19. The summed E-state index contributed by atoms with van der Waals surface area (Å²) < 4.78 is 16.5. The number of pyridine rings is 1. The molecule has 0 aliphatic carbocycles. The smallest absolute Gasteiger partial charge is 0.287 e. The lowest BCUT2D eigenvalue weighted by atomic mass is 10.0. The van der Waals surface area contributed by atoms with Crippen molar-refractivity contribution in [3.63, 3.8) is 0 Å². The molecule has 1 aliphatic heterocycles. The van der Waals surface area contributed by atoms with Crippen molar-refractivity contribution in [2.24, 2.45) is 7.05 Å². The van der Waals surface area contributed by atoms with E-state index in [1.54, 1.807) is 61.7 Å². The Balaban J connectivity index is 1.59. The van der Waals surface area contributed by atoms with Gasteiger partial charge in [0.05, 0.1) is 30.7 Å². The van der Waals surface area contributed by atoms with Gasteiger partial charge in [-0.2, -0.15) is 0 Å². The van der Waals surface area contributed by atoms with Crippen LogP contribution in [0.4, 0.5) is 21.5 Å². The number of halogens is 1. The molecule has 0 radical (unpaired) electrons. The van der Waals surface area contributed by atoms with Crippen LogP contribution < -0.4 is 15.1 Å². The number of aromatic nitrogens is 3. The molecule has 1 saturated heterocycles. The number of nitrogens with zero attached hydrogens (tertiary/aromatic N) is 6. The minimum absolute atomic E-state index is 0.0350. The Morgan fingerprint density at radius 2 is 2.00 bits per heavy atom. The van der Waals surface area contributed by atoms with Gasteiger partial charge in [-0.3, -0.25) is 19.5 Å². The van der Waals surface area contributed by atoms with Crippen LogP contribution >= 0.6 is 12.2 Å². The average Bonchev–Trinajstić information content (AvgIpc) is 3.31. The Morgan fingerprint density at radius 1 is 1.26 bits per heavy atom. The lowest BCUT2D eigenvalue weighted by molar-refractivity contribution is -0.120. The highest BCUT2D eigenvalue weighted by Crippen LogP contribution is 2.37. The van der Waals surface area contributed by atoms with Crippen molar-refractivity contribution in [1.82, 2.24) is 19.9 Å². The number of nitrogens with one attached hydrogen (secondary N) is 1. The fourth-order valence-electron chi connectivity index (χ4n) is 3.90. The summed E-state index contributed by atoms with van der Waals surface area (Å²) in [5.41, 5.74) is 0.969. The average molecular weight is 492 g/mol. The van der Waals surface area contributed by atoms with E-state index in [9.17, 15) is 14.0 Å². The molecule has 11 heteroatoms. The van der Waals surface area contributed by atoms with Gasteiger partial charge in [-0.25, -0.2) is 14.2 Å². The topological polar surface area (TPSA) is 87.7 Å². The molecular formula is C24H22FN7O2S. The summed E-state index contributed by atoms with van der Waals surface area (Å²) in [6.07, 6.45) is 4.55. The summed E-state index contributed by atoms with van der Waals surface area (Å²) in [6.45, 7) is 12.3. The maximum Gasteiger partial charge on any atom is 0.287 e. The number of carbonyl (C=O) groups is 2. The quantitative estimate of drug-likeness (QED) is 0.433. The number of benzene rings is 1. The van der Waals surface area contributed by atoms with Crippen molar-refractivity contribution in [2.75, 3.05) is 9.80 Å². The normalized spacial score (nSPS) is 14.9. The number of imidazole rings is 1. The fraction of sp³-hybridized carbons (Fsp3) is 0.250. The van der Waals surface area contributed by atoms with E-state index in [1.807, 2.05) is 0 Å². The van der Waals surface area contributed by atoms with Crippen LogP contribution in [-0.4, -0.2) is 37.0 Å². The van der Waals surface area contributed by atoms with Crippen LogP contribution in [0.5, 0.6) is 0 Å². The van der Waals surface area contributed by atoms with E-state index >= 15 is 0 Å². The predicted molar refractivity (Wildman–Crippen MR) is 133 cm³/mol. The third-order valence-electron chi connectivity index (χ3n) is 5.83. The number of hydrogen-bond donors (Lipinski definition) is 1. The Labute approximate surface area is 207 Å². The summed E-state index contributed by atoms with van der Waals surface area (Å²) in [4.78, 5) is 40.1. The first-order chi connectivity index (χ1) is 16.6. The fourth-order valence-corrected chi connectivity index (χ4v) is 4.42. The number of rotatable bonds is 5. The largest absolute Gasteiger partial charge is 0.344 e. The second-order valence-corrected chi connectivity index (χ2v) is 8.93. The zero-order valence-corrected chi connectivity index (χ0v) is 20.4. The molecule has 1 aliphatic rings. The summed E-state index contributed by atoms with van der Waals surface area (Å²) in [6, 6.07) is 6.27. The summed E-state index contributed by atoms with van der Waals surface area (Å²) in [7, 11) is 1.68. The number of carbonyl (C=O) groups excluding carboxylic acids is 2. The third kappa shape index (κ3) is 4.13. The first kappa shape index (κ1) is 24.0. The molecule has 9 nitrogen and oxygen atoms in total. The molecule has 2 amide bonds. The van der Waals surface area contributed by atoms with Crippen LogP contribution in [0.3, 0.4) is 0 Å². The number of amides is 2. The van der Waals surface area contributed by atoms with Gasteiger partial charge in [0.15, 0.2) is 16.6 Å². The number of hydrogen-bond acceptors (Lipinski definition) is 5. The van der Waals surface area contributed by atoms with Gasteiger partial charge in [-0.05, 0) is 50.7 Å². The molecule has 1 aromatic carbocycles. The highest BCUT2D eigenvalue weighted by Gasteiger charge is 2.50. The Bertz CT molecular complexity index is 1410. The zero-order valence-electron chi connectivity index (χ0n) is 19.5. The van der Waals surface area contributed by atoms with Crippen LogP contribution in [0.15, 0.2) is 42.9 Å². The molecule has 1 N–H and O–H groups in total. The van der Waals surface area contributed by atoms with Gasteiger partial charge in [-0.15, -0.1) is 0 Å². The molecule has 178 valence electrons. The molecule has 2 aromatic heterocycles. The first-order valence-corrected chi connectivity index (χ1v) is 11.0. The van der Waals surface area contributed by atoms with E-state index in [4.69, 9.17) is 18.8 Å². The van der Waals surface area contributed by atoms with Gasteiger partial charge < -0.3 is 14.8 Å². The van der Waals surface area contributed by atoms with E-state index in [0.717, 1.165) is 0 Å². The number of thiocarbonyl (C=S) groups is 1. The number of anilines is 2. The molecule has 35 heavy (non-hydrogen) atoms. The Hall–Kier alpha value is -4.17. The van der Waals surface area contributed by atoms with Crippen molar-refractivity contribution in [1.29, 1.82) is 0 Å². The van der Waals surface area contributed by atoms with Crippen molar-refractivity contribution in [3.8, 4) is 0 Å². The van der Waals surface area contributed by atoms with E-state index in [0.29, 0.717) is 22.6 Å². The SMILES string of the molecule is [C-]#[N+]c1ccc(N2C(=O)C(C)(C)N(c3cnc(CNC(=O)c4nccn4C)c(F)c3)C2=S)cc1C. The molecule has 0 atom stereocenters. The van der Waals surface area contributed by atoms with Crippen LogP contribution in [0.1, 0.15) is 35.7 Å². The van der Waals surface area contributed by atoms with E-state index < -0.39 is 17.3 Å². The highest BCUT2D eigenvalue weighted by molar-refractivity contribution is 7.81. The van der Waals surface area contributed by atoms with Crippen LogP contribution in [0.25, 0.3) is 4.85 Å². The molecule has 4 rings (SSSR count). The molecule has 0 unspecified atom stereocenters. The number of aryl methyl sites for hydroxylation is 2. The maximum absolute atomic E-state index is 15.0. The lowest BCUT2D eigenvalue weighted by Crippen LogP contribution is -2.44. The second kappa shape index (κ2) is 8.88. The van der Waals surface area contributed by atoms with Gasteiger partial charge in [0.25, 0.3) is 11.8 Å². The van der Waals surface area contributed by atoms with E-state index in [-0.39, 0.29) is 29.1 Å². The Kier molecular flexibility index (Phi) is 6.08. The van der Waals surface area contributed by atoms with E-state index in [2.05, 4.69) is 20.1 Å². The minimum Gasteiger partial charge on any atom is -0.344 e. The Morgan fingerprint density at radius 3 is 2.60 bits per heavy atom. The van der Waals surface area contributed by atoms with Gasteiger partial charge in [-0.1, -0.05) is 6.07 Å². The minimum atomic E-state index is -1.11. The maximum atomic E-state index is 15.0. The van der Waals surface area contributed by atoms with Crippen LogP contribution in [0.2, 0.25) is 0 Å².